The number of carbonyl (C=O) groups excluding carboxylic acids is 1. The molecule has 2 unspecified atom stereocenters. The summed E-state index contributed by atoms with van der Waals surface area (Å²) in [7, 11) is 0. The third-order valence-electron chi connectivity index (χ3n) is 3.66. The summed E-state index contributed by atoms with van der Waals surface area (Å²) >= 11 is 5.93. The second kappa shape index (κ2) is 5.75. The van der Waals surface area contributed by atoms with Crippen LogP contribution >= 0.6 is 11.6 Å². The standard InChI is InChI=1S/C15H20ClNO/c1-10-6-11(2)8-13(7-10)15(18)17-14-5-3-4-12(14)9-16/h6-8,12,14H,3-5,9H2,1-2H3,(H,17,18). The van der Waals surface area contributed by atoms with Gasteiger partial charge in [0.2, 0.25) is 0 Å². The number of halogens is 1. The lowest BCUT2D eigenvalue weighted by molar-refractivity contribution is 0.0930. The van der Waals surface area contributed by atoms with Crippen molar-refractivity contribution in [1.29, 1.82) is 0 Å². The van der Waals surface area contributed by atoms with E-state index in [0.29, 0.717) is 11.8 Å². The minimum Gasteiger partial charge on any atom is -0.349 e. The lowest BCUT2D eigenvalue weighted by atomic mass is 10.0. The highest BCUT2D eigenvalue weighted by Gasteiger charge is 2.27. The maximum Gasteiger partial charge on any atom is 0.251 e. The minimum atomic E-state index is 0.0313. The smallest absolute Gasteiger partial charge is 0.251 e. The predicted molar refractivity (Wildman–Crippen MR) is 75.2 cm³/mol. The molecule has 1 aliphatic rings. The van der Waals surface area contributed by atoms with Crippen LogP contribution in [-0.2, 0) is 0 Å². The predicted octanol–water partition coefficient (Wildman–Crippen LogP) is 3.44. The SMILES string of the molecule is Cc1cc(C)cc(C(=O)NC2CCCC2CCl)c1. The van der Waals surface area contributed by atoms with Crippen LogP contribution in [0.4, 0.5) is 0 Å². The number of aryl methyl sites for hydroxylation is 2. The van der Waals surface area contributed by atoms with Crippen LogP contribution in [0.1, 0.15) is 40.7 Å². The molecule has 1 aromatic carbocycles. The van der Waals surface area contributed by atoms with Crippen molar-refractivity contribution in [3.05, 3.63) is 34.9 Å². The molecule has 3 heteroatoms. The number of benzene rings is 1. The van der Waals surface area contributed by atoms with E-state index in [1.165, 1.54) is 0 Å². The van der Waals surface area contributed by atoms with Gasteiger partial charge in [0, 0.05) is 17.5 Å². The van der Waals surface area contributed by atoms with Crippen LogP contribution in [0.5, 0.6) is 0 Å². The highest BCUT2D eigenvalue weighted by atomic mass is 35.5. The van der Waals surface area contributed by atoms with E-state index >= 15 is 0 Å². The Morgan fingerprint density at radius 1 is 1.28 bits per heavy atom. The van der Waals surface area contributed by atoms with Crippen molar-refractivity contribution in [2.45, 2.75) is 39.2 Å². The first-order valence-electron chi connectivity index (χ1n) is 6.55. The van der Waals surface area contributed by atoms with E-state index in [1.807, 2.05) is 26.0 Å². The number of carbonyl (C=O) groups is 1. The van der Waals surface area contributed by atoms with Gasteiger partial charge in [-0.2, -0.15) is 0 Å². The molecule has 0 radical (unpaired) electrons. The normalized spacial score (nSPS) is 23.1. The third-order valence-corrected chi connectivity index (χ3v) is 4.05. The van der Waals surface area contributed by atoms with Crippen LogP contribution in [0, 0.1) is 19.8 Å². The average Bonchev–Trinajstić information content (AvgIpc) is 2.75. The Bertz CT molecular complexity index is 424. The fourth-order valence-corrected chi connectivity index (χ4v) is 3.14. The molecule has 1 aromatic rings. The molecule has 0 heterocycles. The van der Waals surface area contributed by atoms with Crippen molar-refractivity contribution in [3.63, 3.8) is 0 Å². The lowest BCUT2D eigenvalue weighted by Crippen LogP contribution is -2.38. The molecule has 18 heavy (non-hydrogen) atoms. The van der Waals surface area contributed by atoms with E-state index in [9.17, 15) is 4.79 Å². The molecule has 0 aromatic heterocycles. The van der Waals surface area contributed by atoms with Gasteiger partial charge in [0.1, 0.15) is 0 Å². The van der Waals surface area contributed by atoms with Crippen molar-refractivity contribution < 1.29 is 4.79 Å². The van der Waals surface area contributed by atoms with Crippen LogP contribution in [0.25, 0.3) is 0 Å². The van der Waals surface area contributed by atoms with E-state index in [2.05, 4.69) is 11.4 Å². The van der Waals surface area contributed by atoms with Crippen LogP contribution in [0.15, 0.2) is 18.2 Å². The van der Waals surface area contributed by atoms with E-state index in [0.717, 1.165) is 36.0 Å². The molecule has 0 aliphatic heterocycles. The summed E-state index contributed by atoms with van der Waals surface area (Å²) in [5.41, 5.74) is 3.01. The van der Waals surface area contributed by atoms with Gasteiger partial charge in [0.05, 0.1) is 0 Å². The van der Waals surface area contributed by atoms with Crippen molar-refractivity contribution in [1.82, 2.24) is 5.32 Å². The lowest BCUT2D eigenvalue weighted by Gasteiger charge is -2.19. The number of alkyl halides is 1. The summed E-state index contributed by atoms with van der Waals surface area (Å²) < 4.78 is 0. The van der Waals surface area contributed by atoms with Crippen LogP contribution < -0.4 is 5.32 Å². The quantitative estimate of drug-likeness (QED) is 0.834. The molecule has 1 amide bonds. The molecule has 1 N–H and O–H groups in total. The van der Waals surface area contributed by atoms with E-state index < -0.39 is 0 Å². The molecule has 0 saturated heterocycles. The Hall–Kier alpha value is -1.02. The first-order chi connectivity index (χ1) is 8.60. The van der Waals surface area contributed by atoms with E-state index in [-0.39, 0.29) is 11.9 Å². The van der Waals surface area contributed by atoms with Gasteiger partial charge in [0.25, 0.3) is 5.91 Å². The topological polar surface area (TPSA) is 29.1 Å². The molecule has 2 rings (SSSR count). The zero-order valence-electron chi connectivity index (χ0n) is 11.0. The Morgan fingerprint density at radius 3 is 2.56 bits per heavy atom. The molecule has 2 nitrogen and oxygen atoms in total. The number of rotatable bonds is 3. The molecule has 2 atom stereocenters. The number of hydrogen-bond acceptors (Lipinski definition) is 1. The number of nitrogens with one attached hydrogen (secondary N) is 1. The average molecular weight is 266 g/mol. The highest BCUT2D eigenvalue weighted by Crippen LogP contribution is 2.26. The van der Waals surface area contributed by atoms with Gasteiger partial charge in [-0.3, -0.25) is 4.79 Å². The summed E-state index contributed by atoms with van der Waals surface area (Å²) in [6.07, 6.45) is 3.34. The number of hydrogen-bond donors (Lipinski definition) is 1. The van der Waals surface area contributed by atoms with Crippen LogP contribution in [0.2, 0.25) is 0 Å². The summed E-state index contributed by atoms with van der Waals surface area (Å²) in [5, 5.41) is 3.13. The largest absolute Gasteiger partial charge is 0.349 e. The molecular formula is C15H20ClNO. The first-order valence-corrected chi connectivity index (χ1v) is 7.08. The fourth-order valence-electron chi connectivity index (χ4n) is 2.77. The van der Waals surface area contributed by atoms with Crippen molar-refractivity contribution >= 4 is 17.5 Å². The fraction of sp³-hybridized carbons (Fsp3) is 0.533. The summed E-state index contributed by atoms with van der Waals surface area (Å²) in [6, 6.07) is 6.20. The summed E-state index contributed by atoms with van der Waals surface area (Å²) in [6.45, 7) is 4.03. The molecule has 0 spiro atoms. The van der Waals surface area contributed by atoms with Gasteiger partial charge in [-0.25, -0.2) is 0 Å². The Labute approximate surface area is 114 Å². The Morgan fingerprint density at radius 2 is 1.94 bits per heavy atom. The monoisotopic (exact) mass is 265 g/mol. The highest BCUT2D eigenvalue weighted by molar-refractivity contribution is 6.18. The Balaban J connectivity index is 2.07. The van der Waals surface area contributed by atoms with Gasteiger partial charge >= 0.3 is 0 Å². The van der Waals surface area contributed by atoms with Crippen molar-refractivity contribution in [2.24, 2.45) is 5.92 Å². The molecular weight excluding hydrogens is 246 g/mol. The van der Waals surface area contributed by atoms with E-state index in [1.54, 1.807) is 0 Å². The van der Waals surface area contributed by atoms with Crippen molar-refractivity contribution in [2.75, 3.05) is 5.88 Å². The summed E-state index contributed by atoms with van der Waals surface area (Å²) in [4.78, 5) is 12.2. The molecule has 1 saturated carbocycles. The zero-order chi connectivity index (χ0) is 13.1. The van der Waals surface area contributed by atoms with Crippen LogP contribution in [-0.4, -0.2) is 17.8 Å². The maximum atomic E-state index is 12.2. The van der Waals surface area contributed by atoms with Crippen LogP contribution in [0.3, 0.4) is 0 Å². The van der Waals surface area contributed by atoms with Gasteiger partial charge in [0.15, 0.2) is 0 Å². The van der Waals surface area contributed by atoms with Gasteiger partial charge in [-0.05, 0) is 44.7 Å². The Kier molecular flexibility index (Phi) is 4.28. The third kappa shape index (κ3) is 3.05. The summed E-state index contributed by atoms with van der Waals surface area (Å²) in [5.74, 6) is 1.10. The molecule has 1 aliphatic carbocycles. The van der Waals surface area contributed by atoms with E-state index in [4.69, 9.17) is 11.6 Å². The molecule has 1 fully saturated rings. The van der Waals surface area contributed by atoms with Crippen molar-refractivity contribution in [3.8, 4) is 0 Å². The first kappa shape index (κ1) is 13.4. The molecule has 98 valence electrons. The molecule has 0 bridgehead atoms. The number of amides is 1. The second-order valence-electron chi connectivity index (χ2n) is 5.30. The minimum absolute atomic E-state index is 0.0313. The zero-order valence-corrected chi connectivity index (χ0v) is 11.8. The van der Waals surface area contributed by atoms with Gasteiger partial charge in [-0.1, -0.05) is 23.6 Å². The maximum absolute atomic E-state index is 12.2. The second-order valence-corrected chi connectivity index (χ2v) is 5.61. The van der Waals surface area contributed by atoms with Gasteiger partial charge < -0.3 is 5.32 Å². The van der Waals surface area contributed by atoms with Gasteiger partial charge in [-0.15, -0.1) is 11.6 Å².